The van der Waals surface area contributed by atoms with Crippen LogP contribution < -0.4 is 4.72 Å². The molecule has 0 aromatic rings. The van der Waals surface area contributed by atoms with Crippen LogP contribution in [0, 0.1) is 5.92 Å². The smallest absolute Gasteiger partial charge is 0.238 e. The molecule has 0 heterocycles. The van der Waals surface area contributed by atoms with Gasteiger partial charge in [0.05, 0.1) is 11.9 Å². The van der Waals surface area contributed by atoms with Crippen molar-refractivity contribution < 1.29 is 17.9 Å². The van der Waals surface area contributed by atoms with Crippen molar-refractivity contribution in [3.8, 4) is 0 Å². The van der Waals surface area contributed by atoms with Gasteiger partial charge in [-0.2, -0.15) is 0 Å². The highest BCUT2D eigenvalue weighted by atomic mass is 32.2. The predicted octanol–water partition coefficient (Wildman–Crippen LogP) is 0.824. The first-order chi connectivity index (χ1) is 7.98. The molecular weight excluding hydrogens is 242 g/mol. The lowest BCUT2D eigenvalue weighted by atomic mass is 9.87. The number of hydrogen-bond donors (Lipinski definition) is 1. The molecule has 2 unspecified atom stereocenters. The van der Waals surface area contributed by atoms with Crippen LogP contribution in [0.1, 0.15) is 25.7 Å². The van der Waals surface area contributed by atoms with E-state index in [2.05, 4.69) is 11.3 Å². The van der Waals surface area contributed by atoms with Gasteiger partial charge >= 0.3 is 0 Å². The van der Waals surface area contributed by atoms with Crippen LogP contribution in [0.25, 0.3) is 0 Å². The van der Waals surface area contributed by atoms with Crippen LogP contribution in [0.5, 0.6) is 0 Å². The minimum Gasteiger partial charge on any atom is -0.381 e. The third kappa shape index (κ3) is 4.47. The first-order valence-electron chi connectivity index (χ1n) is 5.66. The van der Waals surface area contributed by atoms with Crippen molar-refractivity contribution >= 4 is 15.9 Å². The lowest BCUT2D eigenvalue weighted by Gasteiger charge is -2.27. The number of ether oxygens (including phenoxy) is 1. The maximum absolute atomic E-state index is 11.8. The zero-order valence-corrected chi connectivity index (χ0v) is 10.8. The van der Waals surface area contributed by atoms with Gasteiger partial charge in [-0.25, -0.2) is 8.42 Å². The van der Waals surface area contributed by atoms with Crippen LogP contribution in [0.2, 0.25) is 0 Å². The molecule has 1 saturated carbocycles. The van der Waals surface area contributed by atoms with E-state index in [1.165, 1.54) is 6.08 Å². The fourth-order valence-corrected chi connectivity index (χ4v) is 2.90. The van der Waals surface area contributed by atoms with Crippen molar-refractivity contribution in [3.63, 3.8) is 0 Å². The Balaban J connectivity index is 2.55. The number of amides is 1. The van der Waals surface area contributed by atoms with E-state index in [4.69, 9.17) is 4.74 Å². The maximum Gasteiger partial charge on any atom is 0.238 e. The van der Waals surface area contributed by atoms with E-state index in [0.29, 0.717) is 6.42 Å². The van der Waals surface area contributed by atoms with Gasteiger partial charge in [-0.3, -0.25) is 9.52 Å². The molecule has 0 aromatic heterocycles. The molecule has 17 heavy (non-hydrogen) atoms. The minimum atomic E-state index is -3.56. The summed E-state index contributed by atoms with van der Waals surface area (Å²) in [7, 11) is -1.95. The second-order valence-corrected chi connectivity index (χ2v) is 6.02. The van der Waals surface area contributed by atoms with Crippen LogP contribution >= 0.6 is 0 Å². The lowest BCUT2D eigenvalue weighted by Crippen LogP contribution is -2.39. The predicted molar refractivity (Wildman–Crippen MR) is 64.9 cm³/mol. The van der Waals surface area contributed by atoms with Crippen molar-refractivity contribution in [2.75, 3.05) is 12.9 Å². The molecule has 98 valence electrons. The van der Waals surface area contributed by atoms with E-state index in [1.807, 2.05) is 0 Å². The van der Waals surface area contributed by atoms with Gasteiger partial charge in [-0.1, -0.05) is 12.5 Å². The van der Waals surface area contributed by atoms with Gasteiger partial charge in [0.15, 0.2) is 0 Å². The molecule has 6 heteroatoms. The minimum absolute atomic E-state index is 0.0570. The Hall–Kier alpha value is -0.880. The summed E-state index contributed by atoms with van der Waals surface area (Å²) >= 11 is 0. The third-order valence-electron chi connectivity index (χ3n) is 2.92. The van der Waals surface area contributed by atoms with Crippen molar-refractivity contribution in [1.82, 2.24) is 4.72 Å². The molecule has 0 aliphatic heterocycles. The average molecular weight is 261 g/mol. The van der Waals surface area contributed by atoms with Gasteiger partial charge in [0.25, 0.3) is 0 Å². The fourth-order valence-electron chi connectivity index (χ4n) is 2.03. The maximum atomic E-state index is 11.8. The van der Waals surface area contributed by atoms with Crippen LogP contribution in [0.3, 0.4) is 0 Å². The Labute approximate surface area is 102 Å². The molecule has 1 aliphatic rings. The summed E-state index contributed by atoms with van der Waals surface area (Å²) in [5.74, 6) is -0.930. The van der Waals surface area contributed by atoms with Gasteiger partial charge in [0, 0.05) is 13.0 Å². The van der Waals surface area contributed by atoms with Gasteiger partial charge in [-0.15, -0.1) is 6.58 Å². The van der Waals surface area contributed by atoms with Crippen molar-refractivity contribution in [2.45, 2.75) is 31.8 Å². The quantitative estimate of drug-likeness (QED) is 0.744. The number of sulfonamides is 1. The van der Waals surface area contributed by atoms with E-state index in [1.54, 1.807) is 7.11 Å². The Kier molecular flexibility index (Phi) is 5.14. The zero-order valence-electron chi connectivity index (χ0n) is 10.0. The Bertz CT molecular complexity index is 377. The summed E-state index contributed by atoms with van der Waals surface area (Å²) in [6.07, 6.45) is 4.44. The average Bonchev–Trinajstić information content (AvgIpc) is 2.28. The summed E-state index contributed by atoms with van der Waals surface area (Å²) in [6, 6.07) is 0. The molecule has 0 spiro atoms. The van der Waals surface area contributed by atoms with Gasteiger partial charge in [0.2, 0.25) is 15.9 Å². The number of carbonyl (C=O) groups excluding carboxylic acids is 1. The number of methoxy groups -OCH3 is 1. The van der Waals surface area contributed by atoms with E-state index >= 15 is 0 Å². The summed E-state index contributed by atoms with van der Waals surface area (Å²) in [6.45, 7) is 3.34. The van der Waals surface area contributed by atoms with Crippen LogP contribution in [0.4, 0.5) is 0 Å². The topological polar surface area (TPSA) is 72.5 Å². The Morgan fingerprint density at radius 3 is 2.82 bits per heavy atom. The first kappa shape index (κ1) is 14.2. The van der Waals surface area contributed by atoms with E-state index in [9.17, 15) is 13.2 Å². The molecule has 0 saturated heterocycles. The molecule has 1 amide bonds. The van der Waals surface area contributed by atoms with Crippen molar-refractivity contribution in [2.24, 2.45) is 5.92 Å². The van der Waals surface area contributed by atoms with E-state index in [-0.39, 0.29) is 17.8 Å². The fraction of sp³-hybridized carbons (Fsp3) is 0.727. The van der Waals surface area contributed by atoms with Gasteiger partial charge in [-0.05, 0) is 19.3 Å². The largest absolute Gasteiger partial charge is 0.381 e. The highest BCUT2D eigenvalue weighted by Gasteiger charge is 2.29. The molecule has 1 aliphatic carbocycles. The highest BCUT2D eigenvalue weighted by Crippen LogP contribution is 2.26. The molecule has 1 fully saturated rings. The number of carbonyl (C=O) groups is 1. The second-order valence-electron chi connectivity index (χ2n) is 4.26. The van der Waals surface area contributed by atoms with Crippen molar-refractivity contribution in [3.05, 3.63) is 12.7 Å². The van der Waals surface area contributed by atoms with Crippen LogP contribution in [0.15, 0.2) is 12.7 Å². The normalized spacial score (nSPS) is 25.2. The van der Waals surface area contributed by atoms with Crippen LogP contribution in [-0.2, 0) is 19.6 Å². The zero-order chi connectivity index (χ0) is 12.9. The summed E-state index contributed by atoms with van der Waals surface area (Å²) in [5, 5.41) is 0. The number of rotatable bonds is 5. The molecule has 0 bridgehead atoms. The lowest BCUT2D eigenvalue weighted by molar-refractivity contribution is -0.125. The van der Waals surface area contributed by atoms with Gasteiger partial charge < -0.3 is 4.74 Å². The third-order valence-corrected chi connectivity index (χ3v) is 4.11. The summed E-state index contributed by atoms with van der Waals surface area (Å²) in [4.78, 5) is 11.8. The molecule has 0 radical (unpaired) electrons. The number of nitrogens with one attached hydrogen (secondary N) is 1. The molecule has 1 rings (SSSR count). The monoisotopic (exact) mass is 261 g/mol. The molecule has 2 atom stereocenters. The molecular formula is C11H19NO4S. The Morgan fingerprint density at radius 1 is 1.53 bits per heavy atom. The van der Waals surface area contributed by atoms with E-state index < -0.39 is 15.9 Å². The van der Waals surface area contributed by atoms with Crippen molar-refractivity contribution in [1.29, 1.82) is 0 Å². The van der Waals surface area contributed by atoms with Crippen LogP contribution in [-0.4, -0.2) is 33.3 Å². The number of hydrogen-bond acceptors (Lipinski definition) is 4. The van der Waals surface area contributed by atoms with Gasteiger partial charge in [0.1, 0.15) is 0 Å². The molecule has 1 N–H and O–H groups in total. The molecule has 5 nitrogen and oxygen atoms in total. The Morgan fingerprint density at radius 2 is 2.24 bits per heavy atom. The first-order valence-corrected chi connectivity index (χ1v) is 7.31. The SMILES string of the molecule is C=CCS(=O)(=O)NC(=O)C1CCCC(OC)C1. The molecule has 0 aromatic carbocycles. The highest BCUT2D eigenvalue weighted by molar-refractivity contribution is 7.90. The van der Waals surface area contributed by atoms with E-state index in [0.717, 1.165) is 19.3 Å². The summed E-state index contributed by atoms with van der Waals surface area (Å²) < 4.78 is 30.1. The summed E-state index contributed by atoms with van der Waals surface area (Å²) in [5.41, 5.74) is 0. The second kappa shape index (κ2) is 6.16. The standard InChI is InChI=1S/C11H19NO4S/c1-3-7-17(14,15)12-11(13)9-5-4-6-10(8-9)16-2/h3,9-10H,1,4-8H2,2H3,(H,12,13).